The fourth-order valence-corrected chi connectivity index (χ4v) is 2.36. The Kier molecular flexibility index (Phi) is 5.16. The van der Waals surface area contributed by atoms with Gasteiger partial charge in [0.1, 0.15) is 22.9 Å². The molecule has 0 amide bonds. The zero-order valence-electron chi connectivity index (χ0n) is 14.9. The first-order chi connectivity index (χ1) is 12.9. The highest BCUT2D eigenvalue weighted by Gasteiger charge is 2.26. The van der Waals surface area contributed by atoms with Gasteiger partial charge in [0.2, 0.25) is 11.8 Å². The molecule has 0 aliphatic heterocycles. The van der Waals surface area contributed by atoms with E-state index in [1.54, 1.807) is 30.5 Å². The number of ether oxygens (including phenoxy) is 3. The van der Waals surface area contributed by atoms with E-state index in [0.29, 0.717) is 22.9 Å². The molecule has 0 aliphatic carbocycles. The molecule has 0 bridgehead atoms. The molecule has 8 heteroatoms. The molecule has 0 spiro atoms. The Hall–Kier alpha value is -3.29. The first-order valence-corrected chi connectivity index (χ1v) is 7.99. The van der Waals surface area contributed by atoms with E-state index in [2.05, 4.69) is 15.0 Å². The molecular formula is C19H17F2N3O3. The van der Waals surface area contributed by atoms with Crippen molar-refractivity contribution in [1.29, 1.82) is 0 Å². The van der Waals surface area contributed by atoms with E-state index in [1.165, 1.54) is 32.5 Å². The largest absolute Gasteiger partial charge is 0.494 e. The smallest absolute Gasteiger partial charge is 0.286 e. The fraction of sp³-hybridized carbons (Fsp3) is 0.211. The molecule has 0 radical (unpaired) electrons. The van der Waals surface area contributed by atoms with Crippen LogP contribution in [0.25, 0.3) is 11.3 Å². The van der Waals surface area contributed by atoms with Gasteiger partial charge in [-0.25, -0.2) is 9.97 Å². The molecular weight excluding hydrogens is 356 g/mol. The maximum Gasteiger partial charge on any atom is 0.286 e. The summed E-state index contributed by atoms with van der Waals surface area (Å²) in [5, 5.41) is 0. The molecule has 3 aromatic rings. The minimum atomic E-state index is -3.02. The number of hydrogen-bond donors (Lipinski definition) is 0. The van der Waals surface area contributed by atoms with Gasteiger partial charge in [0, 0.05) is 19.2 Å². The van der Waals surface area contributed by atoms with E-state index >= 15 is 0 Å². The average Bonchev–Trinajstić information content (AvgIpc) is 2.67. The van der Waals surface area contributed by atoms with Crippen molar-refractivity contribution in [2.24, 2.45) is 0 Å². The van der Waals surface area contributed by atoms with Gasteiger partial charge in [0.25, 0.3) is 5.92 Å². The van der Waals surface area contributed by atoms with Gasteiger partial charge in [-0.1, -0.05) is 0 Å². The van der Waals surface area contributed by atoms with E-state index in [-0.39, 0.29) is 17.3 Å². The average molecular weight is 373 g/mol. The molecule has 3 aromatic heterocycles. The lowest BCUT2D eigenvalue weighted by Crippen LogP contribution is -2.09. The van der Waals surface area contributed by atoms with Crippen molar-refractivity contribution in [1.82, 2.24) is 15.0 Å². The Morgan fingerprint density at radius 1 is 0.963 bits per heavy atom. The second-order valence-corrected chi connectivity index (χ2v) is 5.63. The van der Waals surface area contributed by atoms with E-state index < -0.39 is 5.92 Å². The fourth-order valence-electron chi connectivity index (χ4n) is 2.36. The van der Waals surface area contributed by atoms with Crippen LogP contribution in [0.15, 0.2) is 48.8 Å². The van der Waals surface area contributed by atoms with Crippen LogP contribution in [0.3, 0.4) is 0 Å². The highest BCUT2D eigenvalue weighted by Crippen LogP contribution is 2.36. The van der Waals surface area contributed by atoms with Crippen LogP contribution < -0.4 is 14.2 Å². The zero-order chi connectivity index (χ0) is 19.4. The monoisotopic (exact) mass is 373 g/mol. The maximum absolute atomic E-state index is 13.3. The quantitative estimate of drug-likeness (QED) is 0.636. The van der Waals surface area contributed by atoms with Gasteiger partial charge in [0.05, 0.1) is 26.0 Å². The molecule has 0 N–H and O–H groups in total. The van der Waals surface area contributed by atoms with Crippen LogP contribution in [0.4, 0.5) is 8.78 Å². The minimum Gasteiger partial charge on any atom is -0.494 e. The van der Waals surface area contributed by atoms with Crippen LogP contribution in [0.1, 0.15) is 12.6 Å². The molecule has 0 fully saturated rings. The summed E-state index contributed by atoms with van der Waals surface area (Å²) < 4.78 is 42.9. The topological polar surface area (TPSA) is 66.4 Å². The van der Waals surface area contributed by atoms with E-state index in [4.69, 9.17) is 14.2 Å². The van der Waals surface area contributed by atoms with Gasteiger partial charge in [-0.05, 0) is 30.3 Å². The lowest BCUT2D eigenvalue weighted by Gasteiger charge is -2.13. The number of hydrogen-bond acceptors (Lipinski definition) is 6. The molecule has 0 atom stereocenters. The van der Waals surface area contributed by atoms with Gasteiger partial charge in [-0.3, -0.25) is 4.98 Å². The minimum absolute atomic E-state index is 0.231. The maximum atomic E-state index is 13.3. The van der Waals surface area contributed by atoms with Crippen molar-refractivity contribution in [3.63, 3.8) is 0 Å². The Labute approximate surface area is 154 Å². The van der Waals surface area contributed by atoms with Gasteiger partial charge in [0.15, 0.2) is 0 Å². The summed E-state index contributed by atoms with van der Waals surface area (Å²) in [7, 11) is 3.04. The Morgan fingerprint density at radius 2 is 1.78 bits per heavy atom. The van der Waals surface area contributed by atoms with Crippen molar-refractivity contribution in [2.75, 3.05) is 14.2 Å². The highest BCUT2D eigenvalue weighted by atomic mass is 19.3. The third-order valence-corrected chi connectivity index (χ3v) is 3.69. The standard InChI is InChI=1S/C19H17F2N3O3/c1-19(20,21)15-8-6-12(11-23-15)27-18-13(5-4-10-22-18)17-14(25-2)7-9-16(24-17)26-3/h4-11H,1-3H3. The zero-order valence-corrected chi connectivity index (χ0v) is 14.9. The molecule has 0 aliphatic rings. The summed E-state index contributed by atoms with van der Waals surface area (Å²) >= 11 is 0. The van der Waals surface area contributed by atoms with E-state index in [1.807, 2.05) is 0 Å². The number of methoxy groups -OCH3 is 2. The Balaban J connectivity index is 1.98. The van der Waals surface area contributed by atoms with Crippen LogP contribution in [-0.4, -0.2) is 29.2 Å². The number of aromatic nitrogens is 3. The van der Waals surface area contributed by atoms with Crippen LogP contribution in [0.2, 0.25) is 0 Å². The number of nitrogens with zero attached hydrogens (tertiary/aromatic N) is 3. The van der Waals surface area contributed by atoms with E-state index in [9.17, 15) is 8.78 Å². The summed E-state index contributed by atoms with van der Waals surface area (Å²) in [5.74, 6) is -1.62. The Morgan fingerprint density at radius 3 is 2.41 bits per heavy atom. The number of alkyl halides is 2. The molecule has 0 saturated carbocycles. The Bertz CT molecular complexity index is 928. The third-order valence-electron chi connectivity index (χ3n) is 3.69. The van der Waals surface area contributed by atoms with Gasteiger partial charge >= 0.3 is 0 Å². The lowest BCUT2D eigenvalue weighted by molar-refractivity contribution is 0.0127. The predicted molar refractivity (Wildman–Crippen MR) is 94.5 cm³/mol. The number of halogens is 2. The molecule has 27 heavy (non-hydrogen) atoms. The summed E-state index contributed by atoms with van der Waals surface area (Å²) in [6.07, 6.45) is 2.77. The number of pyridine rings is 3. The van der Waals surface area contributed by atoms with Crippen molar-refractivity contribution in [2.45, 2.75) is 12.8 Å². The normalized spacial score (nSPS) is 11.1. The first-order valence-electron chi connectivity index (χ1n) is 7.99. The van der Waals surface area contributed by atoms with Crippen molar-refractivity contribution in [3.05, 3.63) is 54.5 Å². The molecule has 140 valence electrons. The van der Waals surface area contributed by atoms with Crippen LogP contribution in [0.5, 0.6) is 23.3 Å². The molecule has 3 heterocycles. The SMILES string of the molecule is COc1ccc(OC)c(-c2cccnc2Oc2ccc(C(C)(F)F)nc2)n1. The van der Waals surface area contributed by atoms with Crippen LogP contribution in [-0.2, 0) is 5.92 Å². The van der Waals surface area contributed by atoms with Crippen LogP contribution >= 0.6 is 0 Å². The molecule has 0 saturated heterocycles. The van der Waals surface area contributed by atoms with Crippen LogP contribution in [0, 0.1) is 0 Å². The third kappa shape index (κ3) is 4.11. The second kappa shape index (κ2) is 7.53. The van der Waals surface area contributed by atoms with Crippen molar-refractivity contribution < 1.29 is 23.0 Å². The van der Waals surface area contributed by atoms with Gasteiger partial charge in [-0.2, -0.15) is 8.78 Å². The highest BCUT2D eigenvalue weighted by molar-refractivity contribution is 5.71. The number of rotatable bonds is 6. The van der Waals surface area contributed by atoms with Crippen molar-refractivity contribution in [3.8, 4) is 34.5 Å². The van der Waals surface area contributed by atoms with Crippen molar-refractivity contribution >= 4 is 0 Å². The molecule has 0 aromatic carbocycles. The second-order valence-electron chi connectivity index (χ2n) is 5.63. The summed E-state index contributed by atoms with van der Waals surface area (Å²) in [6, 6.07) is 9.50. The lowest BCUT2D eigenvalue weighted by atomic mass is 10.1. The predicted octanol–water partition coefficient (Wildman–Crippen LogP) is 4.46. The summed E-state index contributed by atoms with van der Waals surface area (Å²) in [6.45, 7) is 0.785. The summed E-state index contributed by atoms with van der Waals surface area (Å²) in [4.78, 5) is 12.4. The van der Waals surface area contributed by atoms with Gasteiger partial charge < -0.3 is 14.2 Å². The molecule has 0 unspecified atom stereocenters. The van der Waals surface area contributed by atoms with E-state index in [0.717, 1.165) is 6.92 Å². The first kappa shape index (κ1) is 18.5. The molecule has 6 nitrogen and oxygen atoms in total. The van der Waals surface area contributed by atoms with Gasteiger partial charge in [-0.15, -0.1) is 0 Å². The summed E-state index contributed by atoms with van der Waals surface area (Å²) in [5.41, 5.74) is 0.690. The molecule has 3 rings (SSSR count).